The summed E-state index contributed by atoms with van der Waals surface area (Å²) in [4.78, 5) is 0. The molecule has 2 atom stereocenters. The SMILES string of the molecule is Cc1nn(C)c(CS(=O)CCC(C)N)c1Br. The van der Waals surface area contributed by atoms with E-state index in [2.05, 4.69) is 21.0 Å². The van der Waals surface area contributed by atoms with Crippen molar-refractivity contribution in [3.63, 3.8) is 0 Å². The normalized spacial score (nSPS) is 15.1. The molecule has 0 aromatic carbocycles. The quantitative estimate of drug-likeness (QED) is 0.896. The summed E-state index contributed by atoms with van der Waals surface area (Å²) in [7, 11) is 1.00. The lowest BCUT2D eigenvalue weighted by molar-refractivity contribution is 0.662. The Hall–Kier alpha value is -0.200. The van der Waals surface area contributed by atoms with Crippen LogP contribution >= 0.6 is 15.9 Å². The molecule has 92 valence electrons. The average Bonchev–Trinajstić information content (AvgIpc) is 2.42. The summed E-state index contributed by atoms with van der Waals surface area (Å²) < 4.78 is 14.6. The number of nitrogens with zero attached hydrogens (tertiary/aromatic N) is 2. The van der Waals surface area contributed by atoms with Gasteiger partial charge in [-0.15, -0.1) is 0 Å². The van der Waals surface area contributed by atoms with Gasteiger partial charge in [0, 0.05) is 29.6 Å². The van der Waals surface area contributed by atoms with Gasteiger partial charge in [-0.1, -0.05) is 0 Å². The zero-order chi connectivity index (χ0) is 12.3. The molecule has 0 radical (unpaired) electrons. The van der Waals surface area contributed by atoms with Crippen molar-refractivity contribution in [2.75, 3.05) is 5.75 Å². The Bertz CT molecular complexity index is 390. The first-order chi connectivity index (χ1) is 7.41. The first-order valence-corrected chi connectivity index (χ1v) is 7.48. The molecule has 0 aliphatic heterocycles. The summed E-state index contributed by atoms with van der Waals surface area (Å²) in [6.45, 7) is 3.86. The highest BCUT2D eigenvalue weighted by atomic mass is 79.9. The number of rotatable bonds is 5. The fourth-order valence-electron chi connectivity index (χ4n) is 1.38. The van der Waals surface area contributed by atoms with Crippen LogP contribution in [0.15, 0.2) is 4.47 Å². The van der Waals surface area contributed by atoms with E-state index in [-0.39, 0.29) is 6.04 Å². The molecule has 16 heavy (non-hydrogen) atoms. The lowest BCUT2D eigenvalue weighted by Gasteiger charge is -2.06. The number of hydrogen-bond acceptors (Lipinski definition) is 3. The van der Waals surface area contributed by atoms with Gasteiger partial charge in [0.1, 0.15) is 0 Å². The van der Waals surface area contributed by atoms with Crippen molar-refractivity contribution >= 4 is 26.7 Å². The van der Waals surface area contributed by atoms with Crippen LogP contribution in [0.2, 0.25) is 0 Å². The zero-order valence-electron chi connectivity index (χ0n) is 9.86. The van der Waals surface area contributed by atoms with Crippen LogP contribution in [0.1, 0.15) is 24.7 Å². The van der Waals surface area contributed by atoms with E-state index in [1.807, 2.05) is 20.9 Å². The van der Waals surface area contributed by atoms with Gasteiger partial charge >= 0.3 is 0 Å². The van der Waals surface area contributed by atoms with Crippen molar-refractivity contribution in [3.05, 3.63) is 15.9 Å². The Morgan fingerprint density at radius 2 is 2.25 bits per heavy atom. The summed E-state index contributed by atoms with van der Waals surface area (Å²) in [5.74, 6) is 1.18. The van der Waals surface area contributed by atoms with Gasteiger partial charge in [0.25, 0.3) is 0 Å². The number of halogens is 1. The van der Waals surface area contributed by atoms with Crippen molar-refractivity contribution in [2.45, 2.75) is 32.1 Å². The van der Waals surface area contributed by atoms with Gasteiger partial charge in [-0.3, -0.25) is 8.89 Å². The lowest BCUT2D eigenvalue weighted by atomic mass is 10.3. The molecule has 2 unspecified atom stereocenters. The summed E-state index contributed by atoms with van der Waals surface area (Å²) in [6, 6.07) is 0.112. The van der Waals surface area contributed by atoms with Gasteiger partial charge in [0.15, 0.2) is 0 Å². The molecule has 0 aliphatic rings. The molecule has 4 nitrogen and oxygen atoms in total. The third-order valence-corrected chi connectivity index (χ3v) is 4.68. The summed E-state index contributed by atoms with van der Waals surface area (Å²) in [5, 5.41) is 4.27. The summed E-state index contributed by atoms with van der Waals surface area (Å²) >= 11 is 3.47. The predicted octanol–water partition coefficient (Wildman–Crippen LogP) is 1.48. The van der Waals surface area contributed by atoms with E-state index in [0.717, 1.165) is 22.3 Å². The van der Waals surface area contributed by atoms with Gasteiger partial charge in [-0.05, 0) is 36.2 Å². The smallest absolute Gasteiger partial charge is 0.0738 e. The maximum absolute atomic E-state index is 11.8. The molecule has 2 N–H and O–H groups in total. The Morgan fingerprint density at radius 3 is 2.69 bits per heavy atom. The topological polar surface area (TPSA) is 60.9 Å². The molecule has 1 heterocycles. The second-order valence-electron chi connectivity index (χ2n) is 4.02. The van der Waals surface area contributed by atoms with Gasteiger partial charge in [0.05, 0.1) is 21.6 Å². The summed E-state index contributed by atoms with van der Waals surface area (Å²) in [6.07, 6.45) is 0.793. The van der Waals surface area contributed by atoms with Gasteiger partial charge in [-0.2, -0.15) is 5.10 Å². The Kier molecular flexibility index (Phi) is 5.14. The van der Waals surface area contributed by atoms with Gasteiger partial charge < -0.3 is 5.73 Å². The molecule has 0 saturated heterocycles. The van der Waals surface area contributed by atoms with Crippen molar-refractivity contribution in [1.29, 1.82) is 0 Å². The van der Waals surface area contributed by atoms with Crippen LogP contribution in [0.4, 0.5) is 0 Å². The van der Waals surface area contributed by atoms with E-state index in [1.165, 1.54) is 0 Å². The van der Waals surface area contributed by atoms with Crippen molar-refractivity contribution in [2.24, 2.45) is 12.8 Å². The van der Waals surface area contributed by atoms with Crippen molar-refractivity contribution in [1.82, 2.24) is 9.78 Å². The number of hydrogen-bond donors (Lipinski definition) is 1. The number of nitrogens with two attached hydrogens (primary N) is 1. The predicted molar refractivity (Wildman–Crippen MR) is 70.6 cm³/mol. The Morgan fingerprint density at radius 1 is 1.62 bits per heavy atom. The molecule has 1 aromatic rings. The molecule has 0 spiro atoms. The molecule has 0 amide bonds. The molecule has 0 fully saturated rings. The van der Waals surface area contributed by atoms with E-state index in [0.29, 0.717) is 11.5 Å². The molecule has 0 bridgehead atoms. The van der Waals surface area contributed by atoms with Crippen LogP contribution in [0.3, 0.4) is 0 Å². The van der Waals surface area contributed by atoms with E-state index in [4.69, 9.17) is 5.73 Å². The Balaban J connectivity index is 2.63. The number of aryl methyl sites for hydroxylation is 2. The standard InChI is InChI=1S/C10H18BrN3OS/c1-7(12)4-5-16(15)6-9-10(11)8(2)13-14(9)3/h7H,4-6,12H2,1-3H3. The largest absolute Gasteiger partial charge is 0.328 e. The van der Waals surface area contributed by atoms with Crippen LogP contribution < -0.4 is 5.73 Å². The zero-order valence-corrected chi connectivity index (χ0v) is 12.3. The third-order valence-electron chi connectivity index (χ3n) is 2.36. The summed E-state index contributed by atoms with van der Waals surface area (Å²) in [5.41, 5.74) is 7.56. The molecular formula is C10H18BrN3OS. The van der Waals surface area contributed by atoms with Crippen LogP contribution in [0.5, 0.6) is 0 Å². The first kappa shape index (κ1) is 13.9. The van der Waals surface area contributed by atoms with E-state index >= 15 is 0 Å². The number of aromatic nitrogens is 2. The van der Waals surface area contributed by atoms with Gasteiger partial charge in [0.2, 0.25) is 0 Å². The highest BCUT2D eigenvalue weighted by molar-refractivity contribution is 9.10. The van der Waals surface area contributed by atoms with E-state index < -0.39 is 10.8 Å². The molecule has 1 aromatic heterocycles. The minimum absolute atomic E-state index is 0.112. The average molecular weight is 308 g/mol. The van der Waals surface area contributed by atoms with Crippen LogP contribution in [0.25, 0.3) is 0 Å². The lowest BCUT2D eigenvalue weighted by Crippen LogP contribution is -2.18. The molecule has 0 saturated carbocycles. The molecule has 1 rings (SSSR count). The molecule has 6 heteroatoms. The van der Waals surface area contributed by atoms with Crippen LogP contribution in [0, 0.1) is 6.92 Å². The molecular weight excluding hydrogens is 290 g/mol. The van der Waals surface area contributed by atoms with Crippen LogP contribution in [-0.2, 0) is 23.6 Å². The Labute approximate surface area is 107 Å². The van der Waals surface area contributed by atoms with Crippen LogP contribution in [-0.4, -0.2) is 25.8 Å². The highest BCUT2D eigenvalue weighted by Gasteiger charge is 2.13. The highest BCUT2D eigenvalue weighted by Crippen LogP contribution is 2.21. The van der Waals surface area contributed by atoms with Gasteiger partial charge in [-0.25, -0.2) is 0 Å². The maximum atomic E-state index is 11.8. The monoisotopic (exact) mass is 307 g/mol. The fraction of sp³-hybridized carbons (Fsp3) is 0.700. The van der Waals surface area contributed by atoms with E-state index in [9.17, 15) is 4.21 Å². The minimum Gasteiger partial charge on any atom is -0.328 e. The first-order valence-electron chi connectivity index (χ1n) is 5.20. The molecule has 0 aliphatic carbocycles. The second kappa shape index (κ2) is 5.93. The van der Waals surface area contributed by atoms with Crippen molar-refractivity contribution in [3.8, 4) is 0 Å². The van der Waals surface area contributed by atoms with Crippen molar-refractivity contribution < 1.29 is 4.21 Å². The minimum atomic E-state index is -0.870. The fourth-order valence-corrected chi connectivity index (χ4v) is 3.46. The maximum Gasteiger partial charge on any atom is 0.0738 e. The second-order valence-corrected chi connectivity index (χ2v) is 6.39. The van der Waals surface area contributed by atoms with E-state index in [1.54, 1.807) is 4.68 Å². The third kappa shape index (κ3) is 3.68.